The van der Waals surface area contributed by atoms with E-state index >= 15 is 0 Å². The van der Waals surface area contributed by atoms with Crippen molar-refractivity contribution < 1.29 is 22.7 Å². The lowest BCUT2D eigenvalue weighted by Gasteiger charge is -2.13. The molecular weight excluding hydrogens is 345 g/mol. The second-order valence-corrected chi connectivity index (χ2v) is 5.11. The van der Waals surface area contributed by atoms with Crippen LogP contribution in [0.1, 0.15) is 22.9 Å². The zero-order valence-electron chi connectivity index (χ0n) is 12.4. The molecule has 0 amide bonds. The summed E-state index contributed by atoms with van der Waals surface area (Å²) in [6.45, 7) is 0. The molecule has 24 heavy (non-hydrogen) atoms. The standard InChI is InChI=1S/C16H12ClF3N2O2/c1-24-15(23)14(21-8-10-5-3-2-4-6-10)13-12(17)7-11(9-22-13)16(18,19)20/h2-9,14H,1H3. The number of rotatable bonds is 4. The first-order valence-corrected chi connectivity index (χ1v) is 7.09. The summed E-state index contributed by atoms with van der Waals surface area (Å²) in [5.41, 5.74) is -0.412. The Morgan fingerprint density at radius 1 is 1.33 bits per heavy atom. The second-order valence-electron chi connectivity index (χ2n) is 4.70. The molecular formula is C16H12ClF3N2O2. The molecule has 126 valence electrons. The summed E-state index contributed by atoms with van der Waals surface area (Å²) >= 11 is 5.87. The molecule has 0 radical (unpaired) electrons. The summed E-state index contributed by atoms with van der Waals surface area (Å²) in [7, 11) is 1.14. The highest BCUT2D eigenvalue weighted by molar-refractivity contribution is 6.31. The molecule has 0 spiro atoms. The number of esters is 1. The molecule has 0 aliphatic carbocycles. The summed E-state index contributed by atoms with van der Waals surface area (Å²) in [5, 5.41) is -0.314. The number of carbonyl (C=O) groups is 1. The average Bonchev–Trinajstić information content (AvgIpc) is 2.55. The SMILES string of the molecule is COC(=O)C(N=Cc1ccccc1)c1ncc(C(F)(F)F)cc1Cl. The Kier molecular flexibility index (Phi) is 5.56. The normalized spacial score (nSPS) is 13.0. The molecule has 0 aliphatic heterocycles. The minimum Gasteiger partial charge on any atom is -0.467 e. The van der Waals surface area contributed by atoms with Crippen LogP contribution >= 0.6 is 11.6 Å². The van der Waals surface area contributed by atoms with E-state index < -0.39 is 23.8 Å². The van der Waals surface area contributed by atoms with Crippen molar-refractivity contribution in [1.82, 2.24) is 4.98 Å². The lowest BCUT2D eigenvalue weighted by atomic mass is 10.1. The first-order valence-electron chi connectivity index (χ1n) is 6.71. The first-order chi connectivity index (χ1) is 11.3. The highest BCUT2D eigenvalue weighted by Gasteiger charge is 2.33. The number of carbonyl (C=O) groups excluding carboxylic acids is 1. The number of methoxy groups -OCH3 is 1. The van der Waals surface area contributed by atoms with Gasteiger partial charge in [-0.15, -0.1) is 0 Å². The molecule has 0 bridgehead atoms. The molecule has 1 aromatic carbocycles. The van der Waals surface area contributed by atoms with Crippen LogP contribution in [0.25, 0.3) is 0 Å². The lowest BCUT2D eigenvalue weighted by molar-refractivity contribution is -0.142. The van der Waals surface area contributed by atoms with Crippen molar-refractivity contribution in [3.8, 4) is 0 Å². The number of benzene rings is 1. The van der Waals surface area contributed by atoms with E-state index in [1.807, 2.05) is 6.07 Å². The van der Waals surface area contributed by atoms with Crippen molar-refractivity contribution in [2.45, 2.75) is 12.2 Å². The number of alkyl halides is 3. The summed E-state index contributed by atoms with van der Waals surface area (Å²) < 4.78 is 42.7. The van der Waals surface area contributed by atoms with Gasteiger partial charge in [-0.2, -0.15) is 13.2 Å². The number of pyridine rings is 1. The first kappa shape index (κ1) is 17.9. The van der Waals surface area contributed by atoms with E-state index in [-0.39, 0.29) is 10.7 Å². The van der Waals surface area contributed by atoms with E-state index in [2.05, 4.69) is 14.7 Å². The third kappa shape index (κ3) is 4.32. The van der Waals surface area contributed by atoms with E-state index in [1.54, 1.807) is 24.3 Å². The lowest BCUT2D eigenvalue weighted by Crippen LogP contribution is -2.16. The van der Waals surface area contributed by atoms with Gasteiger partial charge in [0, 0.05) is 12.4 Å². The van der Waals surface area contributed by atoms with Gasteiger partial charge >= 0.3 is 12.1 Å². The van der Waals surface area contributed by atoms with Gasteiger partial charge in [-0.05, 0) is 11.6 Å². The maximum absolute atomic E-state index is 12.7. The van der Waals surface area contributed by atoms with Gasteiger partial charge in [0.25, 0.3) is 0 Å². The van der Waals surface area contributed by atoms with Crippen LogP contribution in [-0.4, -0.2) is 24.3 Å². The molecule has 0 fully saturated rings. The Hall–Kier alpha value is -2.41. The van der Waals surface area contributed by atoms with Crippen LogP contribution in [0.2, 0.25) is 5.02 Å². The number of aliphatic imine (C=N–C) groups is 1. The van der Waals surface area contributed by atoms with Crippen LogP contribution in [0.15, 0.2) is 47.6 Å². The van der Waals surface area contributed by atoms with Crippen LogP contribution in [0.4, 0.5) is 13.2 Å². The molecule has 1 atom stereocenters. The number of hydrogen-bond donors (Lipinski definition) is 0. The van der Waals surface area contributed by atoms with Gasteiger partial charge in [0.05, 0.1) is 23.4 Å². The maximum atomic E-state index is 12.7. The van der Waals surface area contributed by atoms with E-state index in [1.165, 1.54) is 6.21 Å². The number of hydrogen-bond acceptors (Lipinski definition) is 4. The minimum absolute atomic E-state index is 0.108. The van der Waals surface area contributed by atoms with Crippen molar-refractivity contribution in [3.05, 3.63) is 64.4 Å². The maximum Gasteiger partial charge on any atom is 0.417 e. The zero-order valence-corrected chi connectivity index (χ0v) is 13.2. The van der Waals surface area contributed by atoms with Crippen molar-refractivity contribution >= 4 is 23.8 Å². The van der Waals surface area contributed by atoms with Crippen molar-refractivity contribution in [2.24, 2.45) is 4.99 Å². The summed E-state index contributed by atoms with van der Waals surface area (Å²) in [6, 6.07) is 8.31. The van der Waals surface area contributed by atoms with E-state index in [9.17, 15) is 18.0 Å². The van der Waals surface area contributed by atoms with E-state index in [0.717, 1.165) is 7.11 Å². The molecule has 1 heterocycles. The number of aromatic nitrogens is 1. The Bertz CT molecular complexity index is 749. The van der Waals surface area contributed by atoms with E-state index in [0.29, 0.717) is 17.8 Å². The van der Waals surface area contributed by atoms with Gasteiger partial charge in [-0.1, -0.05) is 41.9 Å². The third-order valence-corrected chi connectivity index (χ3v) is 3.36. The van der Waals surface area contributed by atoms with Gasteiger partial charge in [0.15, 0.2) is 6.04 Å². The number of nitrogens with zero attached hydrogens (tertiary/aromatic N) is 2. The largest absolute Gasteiger partial charge is 0.467 e. The van der Waals surface area contributed by atoms with Crippen LogP contribution in [-0.2, 0) is 15.7 Å². The van der Waals surface area contributed by atoms with Crippen LogP contribution in [0.3, 0.4) is 0 Å². The van der Waals surface area contributed by atoms with Gasteiger partial charge in [-0.3, -0.25) is 9.98 Å². The molecule has 8 heteroatoms. The average molecular weight is 357 g/mol. The van der Waals surface area contributed by atoms with Gasteiger partial charge in [-0.25, -0.2) is 4.79 Å². The monoisotopic (exact) mass is 356 g/mol. The fourth-order valence-corrected chi connectivity index (χ4v) is 2.13. The van der Waals surface area contributed by atoms with E-state index in [4.69, 9.17) is 11.6 Å². The molecule has 2 rings (SSSR count). The van der Waals surface area contributed by atoms with Gasteiger partial charge in [0.2, 0.25) is 0 Å². The van der Waals surface area contributed by atoms with Crippen LogP contribution in [0.5, 0.6) is 0 Å². The Morgan fingerprint density at radius 2 is 2.00 bits per heavy atom. The molecule has 1 unspecified atom stereocenters. The quantitative estimate of drug-likeness (QED) is 0.612. The summed E-state index contributed by atoms with van der Waals surface area (Å²) in [6.07, 6.45) is -2.57. The smallest absolute Gasteiger partial charge is 0.417 e. The zero-order chi connectivity index (χ0) is 17.7. The summed E-state index contributed by atoms with van der Waals surface area (Å²) in [4.78, 5) is 19.6. The third-order valence-electron chi connectivity index (χ3n) is 3.05. The minimum atomic E-state index is -4.58. The van der Waals surface area contributed by atoms with Gasteiger partial charge < -0.3 is 4.74 Å². The highest BCUT2D eigenvalue weighted by atomic mass is 35.5. The predicted octanol–water partition coefficient (Wildman–Crippen LogP) is 4.09. The summed E-state index contributed by atoms with van der Waals surface area (Å²) in [5.74, 6) is -0.781. The van der Waals surface area contributed by atoms with Crippen molar-refractivity contribution in [1.29, 1.82) is 0 Å². The molecule has 0 saturated heterocycles. The fraction of sp³-hybridized carbons (Fsp3) is 0.188. The highest BCUT2D eigenvalue weighted by Crippen LogP contribution is 2.33. The second kappa shape index (κ2) is 7.44. The van der Waals surface area contributed by atoms with Crippen molar-refractivity contribution in [3.63, 3.8) is 0 Å². The van der Waals surface area contributed by atoms with Crippen LogP contribution in [0, 0.1) is 0 Å². The molecule has 4 nitrogen and oxygen atoms in total. The Labute approximate surface area is 141 Å². The Balaban J connectivity index is 2.38. The van der Waals surface area contributed by atoms with Crippen LogP contribution < -0.4 is 0 Å². The van der Waals surface area contributed by atoms with Crippen molar-refractivity contribution in [2.75, 3.05) is 7.11 Å². The Morgan fingerprint density at radius 3 is 2.54 bits per heavy atom. The fourth-order valence-electron chi connectivity index (χ4n) is 1.86. The topological polar surface area (TPSA) is 51.5 Å². The van der Waals surface area contributed by atoms with Gasteiger partial charge in [0.1, 0.15) is 0 Å². The predicted molar refractivity (Wildman–Crippen MR) is 83.0 cm³/mol. The number of halogens is 4. The molecule has 0 saturated carbocycles. The molecule has 0 aliphatic rings. The molecule has 2 aromatic rings. The number of ether oxygens (including phenoxy) is 1. The molecule has 1 aromatic heterocycles. The molecule has 0 N–H and O–H groups in total.